The molecule has 0 amide bonds. The van der Waals surface area contributed by atoms with E-state index in [-0.39, 0.29) is 128 Å². The summed E-state index contributed by atoms with van der Waals surface area (Å²) >= 11 is 0. The van der Waals surface area contributed by atoms with Crippen molar-refractivity contribution in [3.8, 4) is 60.7 Å². The van der Waals surface area contributed by atoms with Crippen LogP contribution in [0.2, 0.25) is 0 Å². The molecule has 2 aromatic heterocycles. The van der Waals surface area contributed by atoms with Gasteiger partial charge in [0.2, 0.25) is 0 Å². The lowest BCUT2D eigenvalue weighted by atomic mass is 9.82. The summed E-state index contributed by atoms with van der Waals surface area (Å²) in [6, 6.07) is 46.2. The van der Waals surface area contributed by atoms with Gasteiger partial charge in [0.15, 0.2) is 0 Å². The Balaban J connectivity index is 1.88. The van der Waals surface area contributed by atoms with Crippen LogP contribution in [-0.4, -0.2) is 9.97 Å². The Hall–Kier alpha value is -11.7. The van der Waals surface area contributed by atoms with Gasteiger partial charge in [0, 0.05) is 51.4 Å². The molecule has 5 aromatic rings. The minimum Gasteiger partial charge on any atom is -0.256 e. The zero-order valence-electron chi connectivity index (χ0n) is 36.5. The van der Waals surface area contributed by atoms with Crippen LogP contribution in [0.3, 0.4) is 0 Å². The van der Waals surface area contributed by atoms with Crippen molar-refractivity contribution in [2.45, 2.75) is 0 Å². The van der Waals surface area contributed by atoms with Crippen molar-refractivity contribution in [3.63, 3.8) is 0 Å². The van der Waals surface area contributed by atoms with E-state index in [2.05, 4.69) is 53.5 Å². The normalized spacial score (nSPS) is 16.8. The SMILES string of the molecule is C=C(C#N)/C=C\C(=C)\C1=C/C(C#N)=C(c2ccccn2)\C(=C(\C#N)c2cc(C#N)cc(C#N)c2)\C=C(/c2ccc(C#N)cc2)C2=C1/C(=C(\C#N)c1cc(C#N)cc(C#N)c1)C(c1ccccn1)=C2C#N. The summed E-state index contributed by atoms with van der Waals surface area (Å²) in [7, 11) is 0. The van der Waals surface area contributed by atoms with E-state index in [0.29, 0.717) is 5.56 Å². The van der Waals surface area contributed by atoms with Gasteiger partial charge in [-0.25, -0.2) is 0 Å². The fraction of sp³-hybridized carbons (Fsp3) is 0. The summed E-state index contributed by atoms with van der Waals surface area (Å²) in [4.78, 5) is 9.32. The number of nitrogens with zero attached hydrogens (tertiary/aromatic N) is 12. The number of allylic oxidation sites excluding steroid dienone is 18. The number of rotatable bonds is 8. The number of aromatic nitrogens is 2. The molecule has 12 heteroatoms. The Morgan fingerprint density at radius 1 is 0.471 bits per heavy atom. The first kappa shape index (κ1) is 46.3. The minimum absolute atomic E-state index is 0.0323. The van der Waals surface area contributed by atoms with Gasteiger partial charge >= 0.3 is 0 Å². The Labute approximate surface area is 402 Å². The smallest absolute Gasteiger partial charge is 0.101 e. The maximum atomic E-state index is 11.7. The molecule has 0 unspecified atom stereocenters. The van der Waals surface area contributed by atoms with E-state index >= 15 is 0 Å². The summed E-state index contributed by atoms with van der Waals surface area (Å²) in [5.41, 5.74) is 2.25. The van der Waals surface area contributed by atoms with E-state index in [0.717, 1.165) is 0 Å². The molecule has 0 bridgehead atoms. The Morgan fingerprint density at radius 3 is 1.46 bits per heavy atom. The van der Waals surface area contributed by atoms with E-state index in [1.54, 1.807) is 66.7 Å². The van der Waals surface area contributed by atoms with Crippen LogP contribution in [0.15, 0.2) is 197 Å². The number of hydrogen-bond acceptors (Lipinski definition) is 12. The molecule has 2 aliphatic rings. The fourth-order valence-corrected chi connectivity index (χ4v) is 7.97. The van der Waals surface area contributed by atoms with Crippen LogP contribution in [0.1, 0.15) is 55.9 Å². The van der Waals surface area contributed by atoms with Crippen molar-refractivity contribution in [2.24, 2.45) is 0 Å². The highest BCUT2D eigenvalue weighted by atomic mass is 14.7. The molecule has 0 fully saturated rings. The van der Waals surface area contributed by atoms with Gasteiger partial charge in [0.25, 0.3) is 0 Å². The monoisotopic (exact) mass is 890 g/mol. The second kappa shape index (κ2) is 20.4. The summed E-state index contributed by atoms with van der Waals surface area (Å²) < 4.78 is 0. The van der Waals surface area contributed by atoms with Crippen LogP contribution >= 0.6 is 0 Å². The minimum atomic E-state index is -0.118. The molecule has 0 atom stereocenters. The van der Waals surface area contributed by atoms with E-state index in [1.165, 1.54) is 67.0 Å². The first-order chi connectivity index (χ1) is 34.1. The van der Waals surface area contributed by atoms with Crippen LogP contribution in [0.25, 0.3) is 27.9 Å². The van der Waals surface area contributed by atoms with Crippen LogP contribution in [0.5, 0.6) is 0 Å². The van der Waals surface area contributed by atoms with Gasteiger partial charge in [-0.1, -0.05) is 43.5 Å². The lowest BCUT2D eigenvalue weighted by Crippen LogP contribution is -2.03. The van der Waals surface area contributed by atoms with Crippen molar-refractivity contribution in [3.05, 3.63) is 253 Å². The van der Waals surface area contributed by atoms with Crippen LogP contribution < -0.4 is 0 Å². The summed E-state index contributed by atoms with van der Waals surface area (Å²) in [5, 5.41) is 106. The number of hydrogen-bond donors (Lipinski definition) is 0. The molecule has 0 radical (unpaired) electrons. The summed E-state index contributed by atoms with van der Waals surface area (Å²) in [6.07, 6.45) is 8.91. The molecule has 0 saturated heterocycles. The molecule has 70 heavy (non-hydrogen) atoms. The Bertz CT molecular complexity index is 3810. The van der Waals surface area contributed by atoms with Crippen LogP contribution in [-0.2, 0) is 0 Å². The topological polar surface area (TPSA) is 264 Å². The highest BCUT2D eigenvalue weighted by molar-refractivity contribution is 6.13. The van der Waals surface area contributed by atoms with E-state index in [9.17, 15) is 52.6 Å². The van der Waals surface area contributed by atoms with Gasteiger partial charge in [0.05, 0.1) is 104 Å². The molecule has 12 nitrogen and oxygen atoms in total. The van der Waals surface area contributed by atoms with Gasteiger partial charge in [0.1, 0.15) is 18.2 Å². The van der Waals surface area contributed by atoms with Crippen molar-refractivity contribution < 1.29 is 0 Å². The lowest BCUT2D eigenvalue weighted by molar-refractivity contribution is 1.26. The molecule has 0 saturated carbocycles. The van der Waals surface area contributed by atoms with Crippen molar-refractivity contribution >= 4 is 27.9 Å². The van der Waals surface area contributed by atoms with E-state index < -0.39 is 0 Å². The molecule has 318 valence electrons. The first-order valence-electron chi connectivity index (χ1n) is 20.6. The zero-order valence-corrected chi connectivity index (χ0v) is 36.5. The van der Waals surface area contributed by atoms with Crippen LogP contribution in [0.4, 0.5) is 0 Å². The largest absolute Gasteiger partial charge is 0.256 e. The van der Waals surface area contributed by atoms with E-state index in [1.807, 2.05) is 30.3 Å². The predicted molar refractivity (Wildman–Crippen MR) is 258 cm³/mol. The lowest BCUT2D eigenvalue weighted by Gasteiger charge is -2.19. The fourth-order valence-electron chi connectivity index (χ4n) is 7.97. The molecular weight excluding hydrogens is 865 g/mol. The second-order valence-electron chi connectivity index (χ2n) is 15.1. The summed E-state index contributed by atoms with van der Waals surface area (Å²) in [5.74, 6) is 0. The molecule has 2 heterocycles. The molecule has 0 spiro atoms. The third-order valence-corrected chi connectivity index (χ3v) is 11.0. The molecule has 3 aromatic carbocycles. The second-order valence-corrected chi connectivity index (χ2v) is 15.1. The Kier molecular flexibility index (Phi) is 13.5. The first-order valence-corrected chi connectivity index (χ1v) is 20.6. The maximum absolute atomic E-state index is 11.7. The third kappa shape index (κ3) is 8.86. The molecule has 2 aliphatic carbocycles. The average Bonchev–Trinajstić information content (AvgIpc) is 3.76. The third-order valence-electron chi connectivity index (χ3n) is 11.0. The van der Waals surface area contributed by atoms with E-state index in [4.69, 9.17) is 0 Å². The predicted octanol–water partition coefficient (Wildman–Crippen LogP) is 10.6. The Morgan fingerprint density at radius 2 is 1.00 bits per heavy atom. The van der Waals surface area contributed by atoms with Crippen molar-refractivity contribution in [1.29, 1.82) is 52.6 Å². The number of pyridine rings is 2. The zero-order chi connectivity index (χ0) is 49.9. The maximum Gasteiger partial charge on any atom is 0.101 e. The van der Waals surface area contributed by atoms with Crippen molar-refractivity contribution in [1.82, 2.24) is 9.97 Å². The standard InChI is InChI=1S/C58H26N12/c1-35(25-59)9-10-36(2)46-23-45(31-65)54(52-7-3-5-15-69-52)48(49(32-66)43-19-38(27-61)17-39(20-43)28-62)24-47(42-13-11-37(26-60)12-14-42)55-51(34-68)56(53-8-4-6-16-70-53)58(57(46)55)50(33-67)44-21-40(29-63)18-41(22-44)30-64/h3-24H,1-2H2/b10-9-,46-23+,47-24+,49-48-,54-45-,58-50+. The summed E-state index contributed by atoms with van der Waals surface area (Å²) in [6.45, 7) is 8.20. The highest BCUT2D eigenvalue weighted by Crippen LogP contribution is 2.54. The number of benzene rings is 3. The number of nitriles is 10. The molecular formula is C58H26N12. The van der Waals surface area contributed by atoms with Gasteiger partial charge < -0.3 is 0 Å². The van der Waals surface area contributed by atoms with Crippen molar-refractivity contribution in [2.75, 3.05) is 0 Å². The van der Waals surface area contributed by atoms with Gasteiger partial charge in [-0.15, -0.1) is 0 Å². The highest BCUT2D eigenvalue weighted by Gasteiger charge is 2.39. The quantitative estimate of drug-likeness (QED) is 0.104. The molecule has 7 rings (SSSR count). The van der Waals surface area contributed by atoms with Gasteiger partial charge in [-0.2, -0.15) is 52.6 Å². The van der Waals surface area contributed by atoms with Gasteiger partial charge in [-0.05, 0) is 124 Å². The van der Waals surface area contributed by atoms with Crippen LogP contribution in [0, 0.1) is 113 Å². The average molecular weight is 891 g/mol. The van der Waals surface area contributed by atoms with Gasteiger partial charge in [-0.3, -0.25) is 9.97 Å². The molecule has 0 aliphatic heterocycles. The molecule has 0 N–H and O–H groups in total.